The lowest BCUT2D eigenvalue weighted by Crippen LogP contribution is -1.96. The van der Waals surface area contributed by atoms with Crippen LogP contribution < -0.4 is 11.5 Å². The maximum Gasteiger partial charge on any atom is 0.119 e. The summed E-state index contributed by atoms with van der Waals surface area (Å²) in [5.74, 6) is 0. The highest BCUT2D eigenvalue weighted by Gasteiger charge is 2.07. The molecule has 1 aromatic heterocycles. The highest BCUT2D eigenvalue weighted by atomic mass is 14.9. The lowest BCUT2D eigenvalue weighted by Gasteiger charge is -2.11. The molecule has 4 N–H and O–H groups in total. The first-order valence-electron chi connectivity index (χ1n) is 8.76. The average molecular weight is 367 g/mol. The maximum absolute atomic E-state index is 6.19. The quantitative estimate of drug-likeness (QED) is 0.409. The van der Waals surface area contributed by atoms with Crippen LogP contribution in [0.4, 0.5) is 11.4 Å². The Balaban J connectivity index is 0.000000320. The molecule has 0 fully saturated rings. The van der Waals surface area contributed by atoms with Crippen molar-refractivity contribution < 1.29 is 0 Å². The smallest absolute Gasteiger partial charge is 0.119 e. The molecule has 3 aromatic carbocycles. The van der Waals surface area contributed by atoms with E-state index in [2.05, 4.69) is 45.3 Å². The maximum atomic E-state index is 6.19. The van der Waals surface area contributed by atoms with Gasteiger partial charge in [0.05, 0.1) is 0 Å². The van der Waals surface area contributed by atoms with Crippen molar-refractivity contribution in [2.24, 2.45) is 0 Å². The van der Waals surface area contributed by atoms with E-state index in [4.69, 9.17) is 11.5 Å². The Labute approximate surface area is 164 Å². The third kappa shape index (κ3) is 5.25. The topological polar surface area (TPSA) is 90.7 Å². The fourth-order valence-corrected chi connectivity index (χ4v) is 2.69. The van der Waals surface area contributed by atoms with Gasteiger partial charge >= 0.3 is 0 Å². The first kappa shape index (κ1) is 18.8. The molecule has 0 radical (unpaired) electrons. The van der Waals surface area contributed by atoms with E-state index < -0.39 is 0 Å². The number of hydrogen-bond acceptors (Lipinski definition) is 5. The summed E-state index contributed by atoms with van der Waals surface area (Å²) in [7, 11) is 0. The largest absolute Gasteiger partial charge is 0.399 e. The third-order valence-electron chi connectivity index (χ3n) is 3.96. The van der Waals surface area contributed by atoms with Crippen LogP contribution in [-0.4, -0.2) is 15.0 Å². The van der Waals surface area contributed by atoms with Gasteiger partial charge in [-0.15, -0.1) is 0 Å². The molecule has 0 aliphatic carbocycles. The SMILES string of the molecule is Nc1cc(N)c(C=Cc2ccccc2)c(-c2ccccc2)c1.c1ncncn1. The van der Waals surface area contributed by atoms with Gasteiger partial charge in [-0.1, -0.05) is 72.8 Å². The highest BCUT2D eigenvalue weighted by molar-refractivity contribution is 5.88. The molecule has 5 heteroatoms. The molecule has 4 rings (SSSR count). The Kier molecular flexibility index (Phi) is 6.47. The van der Waals surface area contributed by atoms with Crippen molar-refractivity contribution in [2.75, 3.05) is 11.5 Å². The lowest BCUT2D eigenvalue weighted by molar-refractivity contribution is 1.05. The summed E-state index contributed by atoms with van der Waals surface area (Å²) >= 11 is 0. The molecule has 0 saturated heterocycles. The molecule has 0 spiro atoms. The van der Waals surface area contributed by atoms with E-state index in [1.54, 1.807) is 6.07 Å². The zero-order valence-electron chi connectivity index (χ0n) is 15.3. The molecule has 0 bridgehead atoms. The summed E-state index contributed by atoms with van der Waals surface area (Å²) in [4.78, 5) is 10.7. The lowest BCUT2D eigenvalue weighted by atomic mass is 9.96. The van der Waals surface area contributed by atoms with Crippen molar-refractivity contribution >= 4 is 23.5 Å². The van der Waals surface area contributed by atoms with Crippen molar-refractivity contribution in [2.45, 2.75) is 0 Å². The van der Waals surface area contributed by atoms with E-state index in [9.17, 15) is 0 Å². The van der Waals surface area contributed by atoms with Gasteiger partial charge in [-0.2, -0.15) is 0 Å². The van der Waals surface area contributed by atoms with Crippen LogP contribution in [0.1, 0.15) is 11.1 Å². The number of rotatable bonds is 3. The van der Waals surface area contributed by atoms with Gasteiger partial charge < -0.3 is 11.5 Å². The second-order valence-corrected chi connectivity index (χ2v) is 5.98. The molecular formula is C23H21N5. The standard InChI is InChI=1S/C20H18N2.C3H3N3/c21-17-13-19(16-9-5-2-6-10-16)18(20(22)14-17)12-11-15-7-3-1-4-8-15;1-4-2-6-3-5-1/h1-14H,21-22H2;1-3H. The van der Waals surface area contributed by atoms with Gasteiger partial charge in [0.2, 0.25) is 0 Å². The number of anilines is 2. The number of nitrogens with two attached hydrogens (primary N) is 2. The normalized spacial score (nSPS) is 10.3. The van der Waals surface area contributed by atoms with Crippen LogP contribution in [-0.2, 0) is 0 Å². The fraction of sp³-hybridized carbons (Fsp3) is 0. The van der Waals surface area contributed by atoms with E-state index in [-0.39, 0.29) is 0 Å². The molecule has 28 heavy (non-hydrogen) atoms. The van der Waals surface area contributed by atoms with Crippen LogP contribution in [0.25, 0.3) is 23.3 Å². The van der Waals surface area contributed by atoms with Gasteiger partial charge in [-0.05, 0) is 28.8 Å². The van der Waals surface area contributed by atoms with E-state index >= 15 is 0 Å². The Morgan fingerprint density at radius 1 is 0.643 bits per heavy atom. The molecule has 0 unspecified atom stereocenters. The van der Waals surface area contributed by atoms with E-state index in [1.807, 2.05) is 48.5 Å². The summed E-state index contributed by atoms with van der Waals surface area (Å²) < 4.78 is 0. The van der Waals surface area contributed by atoms with Crippen LogP contribution in [0.2, 0.25) is 0 Å². The Morgan fingerprint density at radius 2 is 1.21 bits per heavy atom. The van der Waals surface area contributed by atoms with Gasteiger partial charge in [0.25, 0.3) is 0 Å². The molecule has 138 valence electrons. The summed E-state index contributed by atoms with van der Waals surface area (Å²) in [6.45, 7) is 0. The molecule has 0 aliphatic rings. The molecule has 0 atom stereocenters. The van der Waals surface area contributed by atoms with Gasteiger partial charge in [-0.25, -0.2) is 15.0 Å². The molecule has 5 nitrogen and oxygen atoms in total. The van der Waals surface area contributed by atoms with Crippen molar-refractivity contribution in [1.82, 2.24) is 15.0 Å². The van der Waals surface area contributed by atoms with Crippen molar-refractivity contribution in [3.05, 3.63) is 103 Å². The van der Waals surface area contributed by atoms with Crippen LogP contribution in [0.5, 0.6) is 0 Å². The minimum absolute atomic E-state index is 0.674. The fourth-order valence-electron chi connectivity index (χ4n) is 2.69. The van der Waals surface area contributed by atoms with Gasteiger partial charge in [0.1, 0.15) is 19.0 Å². The molecule has 0 amide bonds. The van der Waals surface area contributed by atoms with Crippen molar-refractivity contribution in [3.8, 4) is 11.1 Å². The monoisotopic (exact) mass is 367 g/mol. The number of nitrogen functional groups attached to an aromatic ring is 2. The van der Waals surface area contributed by atoms with Crippen molar-refractivity contribution in [1.29, 1.82) is 0 Å². The number of nitrogens with zero attached hydrogens (tertiary/aromatic N) is 3. The van der Waals surface area contributed by atoms with E-state index in [0.717, 1.165) is 22.3 Å². The predicted molar refractivity (Wildman–Crippen MR) is 116 cm³/mol. The summed E-state index contributed by atoms with van der Waals surface area (Å²) in [5, 5.41) is 0. The first-order chi connectivity index (χ1) is 13.7. The second kappa shape index (κ2) is 9.64. The number of aromatic nitrogens is 3. The minimum Gasteiger partial charge on any atom is -0.399 e. The van der Waals surface area contributed by atoms with Crippen LogP contribution in [0, 0.1) is 0 Å². The van der Waals surface area contributed by atoms with Gasteiger partial charge in [-0.3, -0.25) is 0 Å². The summed E-state index contributed by atoms with van der Waals surface area (Å²) in [5.41, 5.74) is 17.8. The number of hydrogen-bond donors (Lipinski definition) is 2. The Bertz CT molecular complexity index is 990. The molecular weight excluding hydrogens is 346 g/mol. The second-order valence-electron chi connectivity index (χ2n) is 5.98. The molecule has 0 saturated carbocycles. The van der Waals surface area contributed by atoms with Crippen molar-refractivity contribution in [3.63, 3.8) is 0 Å². The van der Waals surface area contributed by atoms with Crippen LogP contribution >= 0.6 is 0 Å². The number of benzene rings is 3. The first-order valence-corrected chi connectivity index (χ1v) is 8.76. The van der Waals surface area contributed by atoms with Crippen LogP contribution in [0.15, 0.2) is 91.8 Å². The summed E-state index contributed by atoms with van der Waals surface area (Å²) in [6, 6.07) is 24.1. The Hall–Kier alpha value is -3.99. The van der Waals surface area contributed by atoms with Crippen LogP contribution in [0.3, 0.4) is 0 Å². The summed E-state index contributed by atoms with van der Waals surface area (Å²) in [6.07, 6.45) is 8.42. The highest BCUT2D eigenvalue weighted by Crippen LogP contribution is 2.32. The molecule has 1 heterocycles. The average Bonchev–Trinajstić information content (AvgIpc) is 2.76. The third-order valence-corrected chi connectivity index (χ3v) is 3.96. The predicted octanol–water partition coefficient (Wildman–Crippen LogP) is 4.56. The Morgan fingerprint density at radius 3 is 1.79 bits per heavy atom. The minimum atomic E-state index is 0.674. The van der Waals surface area contributed by atoms with E-state index in [1.165, 1.54) is 19.0 Å². The zero-order valence-corrected chi connectivity index (χ0v) is 15.3. The van der Waals surface area contributed by atoms with E-state index in [0.29, 0.717) is 11.4 Å². The van der Waals surface area contributed by atoms with Gasteiger partial charge in [0.15, 0.2) is 0 Å². The zero-order chi connectivity index (χ0) is 19.6. The molecule has 4 aromatic rings. The van der Waals surface area contributed by atoms with Gasteiger partial charge in [0, 0.05) is 16.9 Å². The molecule has 0 aliphatic heterocycles.